The Morgan fingerprint density at radius 3 is 2.58 bits per heavy atom. The Hall–Kier alpha value is -0.510. The summed E-state index contributed by atoms with van der Waals surface area (Å²) >= 11 is 1.04. The van der Waals surface area contributed by atoms with Crippen molar-refractivity contribution >= 4 is 22.8 Å². The Morgan fingerprint density at radius 1 is 1.42 bits per heavy atom. The summed E-state index contributed by atoms with van der Waals surface area (Å²) in [5.74, 6) is -0.205. The van der Waals surface area contributed by atoms with Gasteiger partial charge in [0.25, 0.3) is 0 Å². The van der Waals surface area contributed by atoms with E-state index in [0.717, 1.165) is 24.6 Å². The predicted molar refractivity (Wildman–Crippen MR) is 49.0 cm³/mol. The van der Waals surface area contributed by atoms with Gasteiger partial charge in [-0.2, -0.15) is 0 Å². The maximum Gasteiger partial charge on any atom is 0.316 e. The number of ether oxygens (including phenoxy) is 1. The quantitative estimate of drug-likeness (QED) is 0.618. The normalized spacial score (nSPS) is 9.50. The summed E-state index contributed by atoms with van der Waals surface area (Å²) in [5.41, 5.74) is 0. The Kier molecular flexibility index (Phi) is 6.85. The minimum Gasteiger partial charge on any atom is -0.468 e. The average molecular weight is 190 g/mol. The van der Waals surface area contributed by atoms with Crippen LogP contribution < -0.4 is 0 Å². The number of hydrogen-bond acceptors (Lipinski definition) is 4. The topological polar surface area (TPSA) is 43.4 Å². The van der Waals surface area contributed by atoms with E-state index in [1.54, 1.807) is 0 Å². The molecule has 0 unspecified atom stereocenters. The van der Waals surface area contributed by atoms with E-state index < -0.39 is 0 Å². The van der Waals surface area contributed by atoms with Gasteiger partial charge < -0.3 is 4.74 Å². The molecule has 0 atom stereocenters. The third kappa shape index (κ3) is 6.22. The summed E-state index contributed by atoms with van der Waals surface area (Å²) in [6.07, 6.45) is 2.45. The first-order chi connectivity index (χ1) is 5.70. The third-order valence-electron chi connectivity index (χ3n) is 1.31. The van der Waals surface area contributed by atoms with Gasteiger partial charge in [-0.15, -0.1) is 0 Å². The number of carbonyl (C=O) groups excluding carboxylic acids is 2. The maximum absolute atomic E-state index is 11.0. The van der Waals surface area contributed by atoms with Crippen molar-refractivity contribution in [2.75, 3.05) is 12.9 Å². The fourth-order valence-corrected chi connectivity index (χ4v) is 1.28. The minimum absolute atomic E-state index is 0.0715. The number of hydrogen-bond donors (Lipinski definition) is 0. The SMILES string of the molecule is CCCCC(=O)SCC(=O)OC. The van der Waals surface area contributed by atoms with Crippen LogP contribution in [0.3, 0.4) is 0 Å². The van der Waals surface area contributed by atoms with Gasteiger partial charge in [0.05, 0.1) is 12.9 Å². The van der Waals surface area contributed by atoms with E-state index in [9.17, 15) is 9.59 Å². The minimum atomic E-state index is -0.343. The van der Waals surface area contributed by atoms with Crippen molar-refractivity contribution in [3.63, 3.8) is 0 Å². The fraction of sp³-hybridized carbons (Fsp3) is 0.750. The van der Waals surface area contributed by atoms with Crippen molar-refractivity contribution in [1.82, 2.24) is 0 Å². The molecule has 0 saturated heterocycles. The van der Waals surface area contributed by atoms with Crippen LogP contribution in [0.4, 0.5) is 0 Å². The largest absolute Gasteiger partial charge is 0.468 e. The van der Waals surface area contributed by atoms with Crippen LogP contribution >= 0.6 is 11.8 Å². The molecular formula is C8H14O3S. The van der Waals surface area contributed by atoms with Crippen LogP contribution in [-0.4, -0.2) is 23.9 Å². The van der Waals surface area contributed by atoms with Crippen molar-refractivity contribution in [2.45, 2.75) is 26.2 Å². The number of esters is 1. The lowest BCUT2D eigenvalue weighted by Gasteiger charge is -1.97. The zero-order valence-electron chi connectivity index (χ0n) is 7.46. The predicted octanol–water partition coefficient (Wildman–Crippen LogP) is 1.61. The molecule has 70 valence electrons. The first-order valence-electron chi connectivity index (χ1n) is 3.93. The average Bonchev–Trinajstić information content (AvgIpc) is 2.10. The number of thioether (sulfide) groups is 1. The molecule has 0 bridgehead atoms. The van der Waals surface area contributed by atoms with Gasteiger partial charge in [0.2, 0.25) is 0 Å². The molecule has 0 aromatic heterocycles. The lowest BCUT2D eigenvalue weighted by atomic mass is 10.3. The third-order valence-corrected chi connectivity index (χ3v) is 2.22. The molecule has 4 heteroatoms. The van der Waals surface area contributed by atoms with Crippen LogP contribution in [0.15, 0.2) is 0 Å². The van der Waals surface area contributed by atoms with E-state index in [2.05, 4.69) is 4.74 Å². The van der Waals surface area contributed by atoms with E-state index in [-0.39, 0.29) is 16.8 Å². The molecule has 12 heavy (non-hydrogen) atoms. The second-order valence-corrected chi connectivity index (χ2v) is 3.37. The van der Waals surface area contributed by atoms with Crippen LogP contribution in [0, 0.1) is 0 Å². The molecule has 0 fully saturated rings. The highest BCUT2D eigenvalue weighted by molar-refractivity contribution is 8.14. The first-order valence-corrected chi connectivity index (χ1v) is 4.91. The van der Waals surface area contributed by atoms with Gasteiger partial charge in [0, 0.05) is 6.42 Å². The van der Waals surface area contributed by atoms with E-state index >= 15 is 0 Å². The van der Waals surface area contributed by atoms with Gasteiger partial charge in [-0.1, -0.05) is 25.1 Å². The van der Waals surface area contributed by atoms with Gasteiger partial charge in [-0.3, -0.25) is 9.59 Å². The summed E-state index contributed by atoms with van der Waals surface area (Å²) in [6, 6.07) is 0. The van der Waals surface area contributed by atoms with Crippen molar-refractivity contribution in [3.8, 4) is 0 Å². The standard InChI is InChI=1S/C8H14O3S/c1-3-4-5-8(10)12-6-7(9)11-2/h3-6H2,1-2H3. The van der Waals surface area contributed by atoms with Crippen molar-refractivity contribution in [3.05, 3.63) is 0 Å². The molecule has 0 N–H and O–H groups in total. The summed E-state index contributed by atoms with van der Waals surface area (Å²) < 4.78 is 4.39. The van der Waals surface area contributed by atoms with Crippen molar-refractivity contribution < 1.29 is 14.3 Å². The molecule has 0 rings (SSSR count). The molecule has 0 amide bonds. The second-order valence-electron chi connectivity index (χ2n) is 2.34. The molecule has 0 aromatic carbocycles. The maximum atomic E-state index is 11.0. The number of methoxy groups -OCH3 is 1. The molecule has 0 spiro atoms. The fourth-order valence-electron chi connectivity index (χ4n) is 0.592. The molecule has 3 nitrogen and oxygen atoms in total. The van der Waals surface area contributed by atoms with Gasteiger partial charge in [-0.25, -0.2) is 0 Å². The Morgan fingerprint density at radius 2 is 2.08 bits per heavy atom. The summed E-state index contributed by atoms with van der Waals surface area (Å²) in [7, 11) is 1.32. The summed E-state index contributed by atoms with van der Waals surface area (Å²) in [6.45, 7) is 2.03. The highest BCUT2D eigenvalue weighted by Crippen LogP contribution is 2.08. The highest BCUT2D eigenvalue weighted by Gasteiger charge is 2.06. The lowest BCUT2D eigenvalue weighted by molar-refractivity contribution is -0.137. The van der Waals surface area contributed by atoms with Gasteiger partial charge in [0.1, 0.15) is 0 Å². The van der Waals surface area contributed by atoms with Gasteiger partial charge >= 0.3 is 5.97 Å². The Balaban J connectivity index is 3.37. The van der Waals surface area contributed by atoms with E-state index in [0.29, 0.717) is 6.42 Å². The second kappa shape index (κ2) is 7.16. The lowest BCUT2D eigenvalue weighted by Crippen LogP contribution is -2.05. The Bertz CT molecular complexity index is 156. The van der Waals surface area contributed by atoms with Crippen LogP contribution in [0.5, 0.6) is 0 Å². The van der Waals surface area contributed by atoms with Gasteiger partial charge in [-0.05, 0) is 6.42 Å². The van der Waals surface area contributed by atoms with Crippen molar-refractivity contribution in [2.24, 2.45) is 0 Å². The zero-order chi connectivity index (χ0) is 9.40. The number of rotatable bonds is 5. The number of unbranched alkanes of at least 4 members (excludes halogenated alkanes) is 1. The summed E-state index contributed by atoms with van der Waals surface area (Å²) in [4.78, 5) is 21.6. The van der Waals surface area contributed by atoms with Crippen molar-refractivity contribution in [1.29, 1.82) is 0 Å². The molecule has 0 aliphatic rings. The molecule has 0 aliphatic heterocycles. The monoisotopic (exact) mass is 190 g/mol. The Labute approximate surface area is 76.9 Å². The molecule has 0 aliphatic carbocycles. The molecule has 0 heterocycles. The number of carbonyl (C=O) groups is 2. The van der Waals surface area contributed by atoms with Gasteiger partial charge in [0.15, 0.2) is 5.12 Å². The van der Waals surface area contributed by atoms with Crippen LogP contribution in [0.2, 0.25) is 0 Å². The van der Waals surface area contributed by atoms with E-state index in [4.69, 9.17) is 0 Å². The molecule has 0 saturated carbocycles. The van der Waals surface area contributed by atoms with E-state index in [1.807, 2.05) is 6.92 Å². The van der Waals surface area contributed by atoms with E-state index in [1.165, 1.54) is 7.11 Å². The van der Waals surface area contributed by atoms with Crippen LogP contribution in [0.25, 0.3) is 0 Å². The smallest absolute Gasteiger partial charge is 0.316 e. The molecule has 0 radical (unpaired) electrons. The molecule has 0 aromatic rings. The first kappa shape index (κ1) is 11.5. The van der Waals surface area contributed by atoms with Crippen LogP contribution in [-0.2, 0) is 14.3 Å². The van der Waals surface area contributed by atoms with Crippen LogP contribution in [0.1, 0.15) is 26.2 Å². The highest BCUT2D eigenvalue weighted by atomic mass is 32.2. The zero-order valence-corrected chi connectivity index (χ0v) is 8.28. The summed E-state index contributed by atoms with van der Waals surface area (Å²) in [5, 5.41) is 0.0715. The molecular weight excluding hydrogens is 176 g/mol.